The van der Waals surface area contributed by atoms with E-state index in [1.54, 1.807) is 0 Å². The number of rotatable bonds is 3. The molecule has 0 saturated carbocycles. The topological polar surface area (TPSA) is 50.8 Å². The van der Waals surface area contributed by atoms with Crippen LogP contribution >= 0.6 is 0 Å². The van der Waals surface area contributed by atoms with Gasteiger partial charge in [-0.2, -0.15) is 22.0 Å². The molecule has 4 nitrogen and oxygen atoms in total. The van der Waals surface area contributed by atoms with Crippen molar-refractivity contribution in [1.82, 2.24) is 15.2 Å². The maximum Gasteiger partial charge on any atom is 0.499 e. The van der Waals surface area contributed by atoms with E-state index in [2.05, 4.69) is 26.2 Å². The summed E-state index contributed by atoms with van der Waals surface area (Å²) < 4.78 is 64.6. The molecule has 2 rings (SSSR count). The first-order valence-electron chi connectivity index (χ1n) is 4.82. The van der Waals surface area contributed by atoms with Gasteiger partial charge in [0.05, 0.1) is 0 Å². The lowest BCUT2D eigenvalue weighted by Gasteiger charge is -2.20. The molecule has 101 valence electrons. The predicted octanol–water partition coefficient (Wildman–Crippen LogP) is 2.81. The van der Waals surface area contributed by atoms with Gasteiger partial charge in [0.1, 0.15) is 5.75 Å². The van der Waals surface area contributed by atoms with Gasteiger partial charge in [0, 0.05) is 5.56 Å². The Morgan fingerprint density at radius 2 is 1.68 bits per heavy atom. The smallest absolute Gasteiger partial charge is 0.426 e. The first-order chi connectivity index (χ1) is 8.79. The van der Waals surface area contributed by atoms with Crippen LogP contribution in [0.1, 0.15) is 0 Å². The van der Waals surface area contributed by atoms with Gasteiger partial charge in [-0.25, -0.2) is 4.98 Å². The second-order valence-corrected chi connectivity index (χ2v) is 3.42. The standard InChI is InChI=1S/C10H5F5N3O/c11-9(12,13)10(14,15)19-7-3-1-6(2-4-7)8-16-5-17-18-8/h1-4H,(H,16,17,18). The van der Waals surface area contributed by atoms with Gasteiger partial charge < -0.3 is 4.74 Å². The number of nitrogens with one attached hydrogen (secondary N) is 1. The molecular formula is C10H5F5N3O. The number of hydrogen-bond donors (Lipinski definition) is 1. The van der Waals surface area contributed by atoms with Crippen LogP contribution in [0, 0.1) is 6.33 Å². The van der Waals surface area contributed by atoms with E-state index < -0.39 is 18.0 Å². The highest BCUT2D eigenvalue weighted by Crippen LogP contribution is 2.37. The van der Waals surface area contributed by atoms with E-state index in [1.807, 2.05) is 0 Å². The van der Waals surface area contributed by atoms with Crippen LogP contribution in [0.2, 0.25) is 0 Å². The van der Waals surface area contributed by atoms with Crippen molar-refractivity contribution in [3.8, 4) is 17.1 Å². The Labute approximate surface area is 103 Å². The molecule has 0 fully saturated rings. The van der Waals surface area contributed by atoms with Gasteiger partial charge in [-0.1, -0.05) is 0 Å². The number of nitrogens with zero attached hydrogens (tertiary/aromatic N) is 2. The number of ether oxygens (including phenoxy) is 1. The van der Waals surface area contributed by atoms with E-state index in [0.717, 1.165) is 12.1 Å². The van der Waals surface area contributed by atoms with Crippen molar-refractivity contribution in [2.75, 3.05) is 0 Å². The molecule has 1 heterocycles. The second kappa shape index (κ2) is 4.48. The van der Waals surface area contributed by atoms with Crippen LogP contribution in [-0.2, 0) is 0 Å². The fraction of sp³-hybridized carbons (Fsp3) is 0.200. The fourth-order valence-electron chi connectivity index (χ4n) is 1.19. The summed E-state index contributed by atoms with van der Waals surface area (Å²) in [5.41, 5.74) is 0.441. The molecular weight excluding hydrogens is 273 g/mol. The average molecular weight is 278 g/mol. The molecule has 0 aliphatic heterocycles. The number of halogens is 5. The Kier molecular flexibility index (Phi) is 3.13. The molecule has 0 amide bonds. The molecule has 1 aromatic carbocycles. The summed E-state index contributed by atoms with van der Waals surface area (Å²) >= 11 is 0. The Hall–Kier alpha value is -2.19. The molecule has 0 bridgehead atoms. The van der Waals surface area contributed by atoms with E-state index in [0.29, 0.717) is 11.4 Å². The number of hydrogen-bond acceptors (Lipinski definition) is 3. The molecule has 1 radical (unpaired) electrons. The highest BCUT2D eigenvalue weighted by Gasteiger charge is 2.61. The van der Waals surface area contributed by atoms with Crippen molar-refractivity contribution < 1.29 is 26.7 Å². The quantitative estimate of drug-likeness (QED) is 0.878. The van der Waals surface area contributed by atoms with E-state index in [9.17, 15) is 22.0 Å². The van der Waals surface area contributed by atoms with Crippen molar-refractivity contribution in [2.24, 2.45) is 0 Å². The van der Waals surface area contributed by atoms with Crippen molar-refractivity contribution >= 4 is 0 Å². The van der Waals surface area contributed by atoms with Gasteiger partial charge in [0.15, 0.2) is 5.82 Å². The van der Waals surface area contributed by atoms with Gasteiger partial charge in [0.25, 0.3) is 0 Å². The fourth-order valence-corrected chi connectivity index (χ4v) is 1.19. The number of aromatic nitrogens is 3. The maximum atomic E-state index is 12.6. The zero-order valence-corrected chi connectivity index (χ0v) is 9.00. The molecule has 0 aliphatic carbocycles. The van der Waals surface area contributed by atoms with Crippen LogP contribution in [0.15, 0.2) is 24.3 Å². The molecule has 0 unspecified atom stereocenters. The Morgan fingerprint density at radius 1 is 1.05 bits per heavy atom. The van der Waals surface area contributed by atoms with Gasteiger partial charge in [-0.05, 0) is 24.3 Å². The van der Waals surface area contributed by atoms with Crippen LogP contribution in [0.5, 0.6) is 5.75 Å². The molecule has 0 saturated heterocycles. The average Bonchev–Trinajstić information content (AvgIpc) is 2.81. The zero-order chi connectivity index (χ0) is 14.1. The Morgan fingerprint density at radius 3 is 2.16 bits per heavy atom. The Balaban J connectivity index is 2.16. The lowest BCUT2D eigenvalue weighted by Crippen LogP contribution is -2.41. The summed E-state index contributed by atoms with van der Waals surface area (Å²) in [6, 6.07) is 4.46. The SMILES string of the molecule is FC(F)(F)C(F)(F)Oc1ccc(-c2n[c]n[nH]2)cc1. The predicted molar refractivity (Wildman–Crippen MR) is 52.3 cm³/mol. The first-order valence-corrected chi connectivity index (χ1v) is 4.82. The van der Waals surface area contributed by atoms with E-state index >= 15 is 0 Å². The minimum atomic E-state index is -5.77. The third-order valence-electron chi connectivity index (χ3n) is 2.08. The number of H-pyrrole nitrogens is 1. The van der Waals surface area contributed by atoms with Crippen LogP contribution in [0.25, 0.3) is 11.4 Å². The third kappa shape index (κ3) is 2.80. The summed E-state index contributed by atoms with van der Waals surface area (Å²) in [7, 11) is 0. The van der Waals surface area contributed by atoms with E-state index in [1.165, 1.54) is 12.1 Å². The van der Waals surface area contributed by atoms with Gasteiger partial charge in [-0.15, -0.1) is 5.10 Å². The Bertz CT molecular complexity index is 535. The van der Waals surface area contributed by atoms with E-state index in [-0.39, 0.29) is 0 Å². The number of benzene rings is 1. The molecule has 9 heteroatoms. The van der Waals surface area contributed by atoms with Crippen LogP contribution < -0.4 is 4.74 Å². The molecule has 0 atom stereocenters. The summed E-state index contributed by atoms with van der Waals surface area (Å²) in [5, 5.41) is 5.91. The summed E-state index contributed by atoms with van der Waals surface area (Å²) in [6.45, 7) is 0. The third-order valence-corrected chi connectivity index (χ3v) is 2.08. The van der Waals surface area contributed by atoms with Crippen LogP contribution in [-0.4, -0.2) is 27.5 Å². The molecule has 0 aliphatic rings. The van der Waals surface area contributed by atoms with Gasteiger partial charge >= 0.3 is 12.3 Å². The summed E-state index contributed by atoms with van der Waals surface area (Å²) in [6.07, 6.45) is -8.77. The van der Waals surface area contributed by atoms with Crippen LogP contribution in [0.3, 0.4) is 0 Å². The van der Waals surface area contributed by atoms with Crippen molar-refractivity contribution in [1.29, 1.82) is 0 Å². The lowest BCUT2D eigenvalue weighted by molar-refractivity contribution is -0.360. The minimum absolute atomic E-state index is 0.300. The second-order valence-electron chi connectivity index (χ2n) is 3.42. The number of alkyl halides is 5. The molecule has 0 spiro atoms. The minimum Gasteiger partial charge on any atom is -0.426 e. The summed E-state index contributed by atoms with van der Waals surface area (Å²) in [4.78, 5) is 3.67. The molecule has 1 aromatic heterocycles. The maximum absolute atomic E-state index is 12.6. The zero-order valence-electron chi connectivity index (χ0n) is 9.00. The highest BCUT2D eigenvalue weighted by molar-refractivity contribution is 5.55. The van der Waals surface area contributed by atoms with E-state index in [4.69, 9.17) is 0 Å². The first kappa shape index (κ1) is 13.2. The van der Waals surface area contributed by atoms with Crippen LogP contribution in [0.4, 0.5) is 22.0 Å². The number of aromatic amines is 1. The van der Waals surface area contributed by atoms with Crippen molar-refractivity contribution in [3.05, 3.63) is 30.6 Å². The molecule has 1 N–H and O–H groups in total. The molecule has 19 heavy (non-hydrogen) atoms. The van der Waals surface area contributed by atoms with Gasteiger partial charge in [-0.3, -0.25) is 5.10 Å². The lowest BCUT2D eigenvalue weighted by atomic mass is 10.2. The van der Waals surface area contributed by atoms with Crippen molar-refractivity contribution in [3.63, 3.8) is 0 Å². The normalized spacial score (nSPS) is 12.5. The monoisotopic (exact) mass is 278 g/mol. The van der Waals surface area contributed by atoms with Gasteiger partial charge in [0.2, 0.25) is 6.33 Å². The van der Waals surface area contributed by atoms with Crippen molar-refractivity contribution in [2.45, 2.75) is 12.3 Å². The highest BCUT2D eigenvalue weighted by atomic mass is 19.4. The largest absolute Gasteiger partial charge is 0.499 e. The molecule has 2 aromatic rings. The summed E-state index contributed by atoms with van der Waals surface area (Å²) in [5.74, 6) is -0.316.